The highest BCUT2D eigenvalue weighted by atomic mass is 32.1. The maximum Gasteiger partial charge on any atom is 0.283 e. The lowest BCUT2D eigenvalue weighted by molar-refractivity contribution is 0.0942. The summed E-state index contributed by atoms with van der Waals surface area (Å²) in [5.74, 6) is 4.68. The van der Waals surface area contributed by atoms with Crippen LogP contribution in [0.3, 0.4) is 0 Å². The van der Waals surface area contributed by atoms with Gasteiger partial charge in [0.25, 0.3) is 5.91 Å². The van der Waals surface area contributed by atoms with Gasteiger partial charge in [-0.1, -0.05) is 0 Å². The van der Waals surface area contributed by atoms with Crippen molar-refractivity contribution in [3.05, 3.63) is 16.7 Å². The Bertz CT molecular complexity index is 365. The molecule has 0 atom stereocenters. The van der Waals surface area contributed by atoms with Crippen LogP contribution in [0.4, 0.5) is 0 Å². The second-order valence-electron chi connectivity index (χ2n) is 2.92. The van der Waals surface area contributed by atoms with Crippen LogP contribution in [0.15, 0.2) is 6.20 Å². The number of nitrogens with two attached hydrogens (primary N) is 1. The van der Waals surface area contributed by atoms with Gasteiger partial charge in [-0.2, -0.15) is 0 Å². The molecule has 0 bridgehead atoms. The van der Waals surface area contributed by atoms with Crippen LogP contribution in [0.5, 0.6) is 0 Å². The van der Waals surface area contributed by atoms with Gasteiger partial charge in [0.2, 0.25) is 0 Å². The maximum atomic E-state index is 11.2. The van der Waals surface area contributed by atoms with Gasteiger partial charge in [0.1, 0.15) is 5.69 Å². The minimum Gasteiger partial charge on any atom is -0.337 e. The first kappa shape index (κ1) is 9.94. The summed E-state index contributed by atoms with van der Waals surface area (Å²) >= 11 is 5.00. The molecule has 1 aromatic rings. The molecule has 1 rings (SSSR count). The SMILES string of the molecule is CC(C)n1c(C(=O)NN)c[nH]c1=S. The summed E-state index contributed by atoms with van der Waals surface area (Å²) in [5, 5.41) is 0. The van der Waals surface area contributed by atoms with Gasteiger partial charge in [-0.05, 0) is 26.1 Å². The number of nitrogens with one attached hydrogen (secondary N) is 2. The monoisotopic (exact) mass is 200 g/mol. The van der Waals surface area contributed by atoms with E-state index in [1.807, 2.05) is 13.8 Å². The lowest BCUT2D eigenvalue weighted by atomic mass is 10.3. The van der Waals surface area contributed by atoms with Crippen molar-refractivity contribution < 1.29 is 4.79 Å². The summed E-state index contributed by atoms with van der Waals surface area (Å²) in [7, 11) is 0. The van der Waals surface area contributed by atoms with Gasteiger partial charge in [0, 0.05) is 12.2 Å². The normalized spacial score (nSPS) is 10.5. The van der Waals surface area contributed by atoms with E-state index in [1.165, 1.54) is 0 Å². The van der Waals surface area contributed by atoms with Gasteiger partial charge in [0.15, 0.2) is 4.77 Å². The second kappa shape index (κ2) is 3.71. The number of imidazole rings is 1. The minimum absolute atomic E-state index is 0.131. The van der Waals surface area contributed by atoms with Crippen LogP contribution in [0.2, 0.25) is 0 Å². The van der Waals surface area contributed by atoms with Crippen molar-refractivity contribution in [2.45, 2.75) is 19.9 Å². The van der Waals surface area contributed by atoms with Crippen LogP contribution >= 0.6 is 12.2 Å². The van der Waals surface area contributed by atoms with E-state index in [9.17, 15) is 4.79 Å². The highest BCUT2D eigenvalue weighted by Gasteiger charge is 2.13. The molecule has 0 radical (unpaired) electrons. The molecule has 5 nitrogen and oxygen atoms in total. The Morgan fingerprint density at radius 2 is 2.38 bits per heavy atom. The lowest BCUT2D eigenvalue weighted by Gasteiger charge is -2.10. The second-order valence-corrected chi connectivity index (χ2v) is 3.30. The molecule has 0 fully saturated rings. The van der Waals surface area contributed by atoms with Crippen LogP contribution < -0.4 is 11.3 Å². The van der Waals surface area contributed by atoms with Crippen LogP contribution in [-0.4, -0.2) is 15.5 Å². The van der Waals surface area contributed by atoms with E-state index in [0.717, 1.165) is 0 Å². The number of nitrogen functional groups attached to an aromatic ring is 1. The molecule has 0 aliphatic heterocycles. The smallest absolute Gasteiger partial charge is 0.283 e. The number of nitrogens with zero attached hydrogens (tertiary/aromatic N) is 1. The van der Waals surface area contributed by atoms with Crippen LogP contribution in [0, 0.1) is 4.77 Å². The standard InChI is InChI=1S/C7H12N4OS/c1-4(2)11-5(6(12)10-8)3-9-7(11)13/h3-4H,8H2,1-2H3,(H,9,13)(H,10,12). The van der Waals surface area contributed by atoms with E-state index < -0.39 is 0 Å². The molecule has 1 aromatic heterocycles. The Morgan fingerprint density at radius 3 is 2.85 bits per heavy atom. The molecule has 1 heterocycles. The van der Waals surface area contributed by atoms with Gasteiger partial charge >= 0.3 is 0 Å². The fourth-order valence-corrected chi connectivity index (χ4v) is 1.51. The number of hydrazine groups is 1. The lowest BCUT2D eigenvalue weighted by Crippen LogP contribution is -2.32. The van der Waals surface area contributed by atoms with Crippen molar-refractivity contribution in [3.63, 3.8) is 0 Å². The van der Waals surface area contributed by atoms with Crippen LogP contribution in [0.25, 0.3) is 0 Å². The van der Waals surface area contributed by atoms with Crippen molar-refractivity contribution in [1.29, 1.82) is 0 Å². The number of aromatic amines is 1. The maximum absolute atomic E-state index is 11.2. The Morgan fingerprint density at radius 1 is 1.77 bits per heavy atom. The Balaban J connectivity index is 3.23. The Hall–Kier alpha value is -1.14. The summed E-state index contributed by atoms with van der Waals surface area (Å²) in [6, 6.07) is 0.131. The molecule has 0 aromatic carbocycles. The van der Waals surface area contributed by atoms with E-state index in [0.29, 0.717) is 10.5 Å². The topological polar surface area (TPSA) is 75.8 Å². The van der Waals surface area contributed by atoms with Gasteiger partial charge < -0.3 is 9.55 Å². The van der Waals surface area contributed by atoms with Crippen molar-refractivity contribution in [2.24, 2.45) is 5.84 Å². The van der Waals surface area contributed by atoms with E-state index in [-0.39, 0.29) is 11.9 Å². The third-order valence-electron chi connectivity index (χ3n) is 1.69. The molecule has 0 saturated heterocycles. The fraction of sp³-hybridized carbons (Fsp3) is 0.429. The number of carbonyl (C=O) groups is 1. The molecule has 72 valence electrons. The van der Waals surface area contributed by atoms with Gasteiger partial charge in [0.05, 0.1) is 0 Å². The molecule has 6 heteroatoms. The van der Waals surface area contributed by atoms with E-state index in [4.69, 9.17) is 18.1 Å². The minimum atomic E-state index is -0.346. The van der Waals surface area contributed by atoms with Crippen LogP contribution in [-0.2, 0) is 0 Å². The average molecular weight is 200 g/mol. The third-order valence-corrected chi connectivity index (χ3v) is 2.01. The number of H-pyrrole nitrogens is 1. The number of aromatic nitrogens is 2. The first-order valence-corrected chi connectivity index (χ1v) is 4.29. The van der Waals surface area contributed by atoms with Crippen molar-refractivity contribution in [2.75, 3.05) is 0 Å². The van der Waals surface area contributed by atoms with E-state index >= 15 is 0 Å². The van der Waals surface area contributed by atoms with Crippen molar-refractivity contribution in [3.8, 4) is 0 Å². The number of hydrogen-bond donors (Lipinski definition) is 3. The quantitative estimate of drug-likeness (QED) is 0.285. The first-order chi connectivity index (χ1) is 6.07. The van der Waals surface area contributed by atoms with Crippen molar-refractivity contribution in [1.82, 2.24) is 15.0 Å². The molecule has 4 N–H and O–H groups in total. The molecule has 0 spiro atoms. The highest BCUT2D eigenvalue weighted by Crippen LogP contribution is 2.10. The summed E-state index contributed by atoms with van der Waals surface area (Å²) in [4.78, 5) is 14.0. The predicted octanol–water partition coefficient (Wildman–Crippen LogP) is 0.730. The number of amides is 1. The molecular weight excluding hydrogens is 188 g/mol. The number of rotatable bonds is 2. The Kier molecular flexibility index (Phi) is 2.84. The number of hydrogen-bond acceptors (Lipinski definition) is 3. The van der Waals surface area contributed by atoms with Gasteiger partial charge in [-0.15, -0.1) is 0 Å². The zero-order chi connectivity index (χ0) is 10.0. The molecule has 0 aliphatic rings. The molecule has 0 aliphatic carbocycles. The molecule has 0 saturated carbocycles. The first-order valence-electron chi connectivity index (χ1n) is 3.88. The molecule has 0 unspecified atom stereocenters. The van der Waals surface area contributed by atoms with Gasteiger partial charge in [-0.3, -0.25) is 10.2 Å². The zero-order valence-corrected chi connectivity index (χ0v) is 8.31. The largest absolute Gasteiger partial charge is 0.337 e. The highest BCUT2D eigenvalue weighted by molar-refractivity contribution is 7.71. The fourth-order valence-electron chi connectivity index (χ4n) is 1.14. The zero-order valence-electron chi connectivity index (χ0n) is 7.50. The van der Waals surface area contributed by atoms with Crippen molar-refractivity contribution >= 4 is 18.1 Å². The Labute approximate surface area is 80.9 Å². The van der Waals surface area contributed by atoms with E-state index in [1.54, 1.807) is 10.8 Å². The summed E-state index contributed by atoms with van der Waals surface area (Å²) in [5.41, 5.74) is 2.51. The third kappa shape index (κ3) is 1.78. The summed E-state index contributed by atoms with van der Waals surface area (Å²) in [6.07, 6.45) is 1.55. The predicted molar refractivity (Wildman–Crippen MR) is 51.7 cm³/mol. The summed E-state index contributed by atoms with van der Waals surface area (Å²) < 4.78 is 2.23. The summed E-state index contributed by atoms with van der Waals surface area (Å²) in [6.45, 7) is 3.88. The van der Waals surface area contributed by atoms with E-state index in [2.05, 4.69) is 10.4 Å². The molecular formula is C7H12N4OS. The van der Waals surface area contributed by atoms with Gasteiger partial charge in [-0.25, -0.2) is 5.84 Å². The van der Waals surface area contributed by atoms with Crippen LogP contribution in [0.1, 0.15) is 30.4 Å². The molecule has 1 amide bonds. The molecule has 13 heavy (non-hydrogen) atoms. The average Bonchev–Trinajstić information content (AvgIpc) is 2.45. The number of carbonyl (C=O) groups excluding carboxylic acids is 1.